The minimum absolute atomic E-state index is 0.0102. The molecule has 0 saturated carbocycles. The van der Waals surface area contributed by atoms with Crippen LogP contribution < -0.4 is 15.4 Å². The largest absolute Gasteiger partial charge is 0.494 e. The Morgan fingerprint density at radius 2 is 2.15 bits per heavy atom. The molecule has 0 aromatic heterocycles. The maximum absolute atomic E-state index is 11.8. The second kappa shape index (κ2) is 8.83. The lowest BCUT2D eigenvalue weighted by Crippen LogP contribution is -2.17. The Morgan fingerprint density at radius 1 is 1.45 bits per heavy atom. The molecule has 0 saturated heterocycles. The Morgan fingerprint density at radius 3 is 2.70 bits per heavy atom. The van der Waals surface area contributed by atoms with Gasteiger partial charge in [-0.05, 0) is 31.2 Å². The van der Waals surface area contributed by atoms with Crippen molar-refractivity contribution in [3.05, 3.63) is 36.0 Å². The summed E-state index contributed by atoms with van der Waals surface area (Å²) in [5, 5.41) is 14.3. The van der Waals surface area contributed by atoms with Gasteiger partial charge in [0.2, 0.25) is 0 Å². The Bertz CT molecular complexity index is 506. The van der Waals surface area contributed by atoms with Gasteiger partial charge in [-0.1, -0.05) is 0 Å². The van der Waals surface area contributed by atoms with Gasteiger partial charge in [0.15, 0.2) is 0 Å². The van der Waals surface area contributed by atoms with Crippen LogP contribution in [-0.2, 0) is 4.79 Å². The molecule has 0 unspecified atom stereocenters. The quantitative estimate of drug-likeness (QED) is 0.350. The minimum atomic E-state index is -0.473. The van der Waals surface area contributed by atoms with Crippen LogP contribution in [-0.4, -0.2) is 24.9 Å². The van der Waals surface area contributed by atoms with Crippen LogP contribution in [0, 0.1) is 11.3 Å². The number of alkyl halides is 1. The molecule has 1 amide bonds. The van der Waals surface area contributed by atoms with E-state index >= 15 is 0 Å². The molecule has 0 aliphatic heterocycles. The van der Waals surface area contributed by atoms with Crippen molar-refractivity contribution >= 4 is 23.2 Å². The summed E-state index contributed by atoms with van der Waals surface area (Å²) >= 11 is 5.49. The van der Waals surface area contributed by atoms with Gasteiger partial charge in [-0.3, -0.25) is 4.79 Å². The van der Waals surface area contributed by atoms with Gasteiger partial charge in [0.1, 0.15) is 17.4 Å². The van der Waals surface area contributed by atoms with E-state index in [9.17, 15) is 4.79 Å². The van der Waals surface area contributed by atoms with Crippen LogP contribution in [0.15, 0.2) is 36.0 Å². The number of carbonyl (C=O) groups is 1. The third kappa shape index (κ3) is 5.21. The molecule has 0 radical (unpaired) electrons. The summed E-state index contributed by atoms with van der Waals surface area (Å²) in [6, 6.07) is 8.76. The van der Waals surface area contributed by atoms with Gasteiger partial charge in [-0.15, -0.1) is 11.6 Å². The average molecular weight is 294 g/mol. The molecule has 5 nitrogen and oxygen atoms in total. The molecule has 20 heavy (non-hydrogen) atoms. The lowest BCUT2D eigenvalue weighted by Gasteiger charge is -2.06. The van der Waals surface area contributed by atoms with Crippen molar-refractivity contribution in [3.8, 4) is 11.8 Å². The van der Waals surface area contributed by atoms with Crippen LogP contribution in [0.3, 0.4) is 0 Å². The summed E-state index contributed by atoms with van der Waals surface area (Å²) in [5.41, 5.74) is 0.584. The first-order valence-corrected chi connectivity index (χ1v) is 6.68. The van der Waals surface area contributed by atoms with Gasteiger partial charge in [-0.2, -0.15) is 5.26 Å². The van der Waals surface area contributed by atoms with Crippen molar-refractivity contribution in [2.24, 2.45) is 0 Å². The van der Waals surface area contributed by atoms with Crippen molar-refractivity contribution in [2.45, 2.75) is 6.92 Å². The van der Waals surface area contributed by atoms with E-state index in [0.717, 1.165) is 5.75 Å². The standard InChI is InChI=1S/C14H16ClN3O2/c1-2-20-13-5-3-12(4-6-13)18-14(19)11(9-16)10-17-8-7-15/h3-6,10,17H,2,7-8H2,1H3,(H,18,19)/b11-10-. The number of benzene rings is 1. The molecule has 0 aliphatic carbocycles. The highest BCUT2D eigenvalue weighted by Crippen LogP contribution is 2.16. The van der Waals surface area contributed by atoms with Crippen molar-refractivity contribution in [1.29, 1.82) is 5.26 Å². The number of amides is 1. The number of nitrogens with one attached hydrogen (secondary N) is 2. The first kappa shape index (κ1) is 15.9. The van der Waals surface area contributed by atoms with Gasteiger partial charge >= 0.3 is 0 Å². The van der Waals surface area contributed by atoms with Crippen LogP contribution in [0.25, 0.3) is 0 Å². The zero-order valence-corrected chi connectivity index (χ0v) is 11.9. The smallest absolute Gasteiger partial charge is 0.267 e. The molecule has 0 bridgehead atoms. The van der Waals surface area contributed by atoms with Crippen molar-refractivity contribution < 1.29 is 9.53 Å². The molecule has 1 aromatic rings. The molecule has 6 heteroatoms. The summed E-state index contributed by atoms with van der Waals surface area (Å²) in [7, 11) is 0. The fourth-order valence-electron chi connectivity index (χ4n) is 1.38. The number of hydrogen-bond donors (Lipinski definition) is 2. The summed E-state index contributed by atoms with van der Waals surface area (Å²) in [6.07, 6.45) is 1.35. The number of nitriles is 1. The number of hydrogen-bond acceptors (Lipinski definition) is 4. The Kier molecular flexibility index (Phi) is 7.01. The predicted octanol–water partition coefficient (Wildman–Crippen LogP) is 2.26. The van der Waals surface area contributed by atoms with E-state index < -0.39 is 5.91 Å². The number of rotatable bonds is 7. The van der Waals surface area contributed by atoms with Crippen LogP contribution >= 0.6 is 11.6 Å². The Labute approximate surface area is 123 Å². The van der Waals surface area contributed by atoms with E-state index in [1.54, 1.807) is 24.3 Å². The molecule has 0 fully saturated rings. The van der Waals surface area contributed by atoms with Crippen molar-refractivity contribution in [3.63, 3.8) is 0 Å². The number of ether oxygens (including phenoxy) is 1. The monoisotopic (exact) mass is 293 g/mol. The highest BCUT2D eigenvalue weighted by Gasteiger charge is 2.08. The highest BCUT2D eigenvalue weighted by molar-refractivity contribution is 6.18. The molecule has 106 valence electrons. The molecule has 2 N–H and O–H groups in total. The second-order valence-electron chi connectivity index (χ2n) is 3.72. The molecule has 0 aliphatic rings. The highest BCUT2D eigenvalue weighted by atomic mass is 35.5. The molecular formula is C14H16ClN3O2. The Hall–Kier alpha value is -2.19. The van der Waals surface area contributed by atoms with Gasteiger partial charge in [0.25, 0.3) is 5.91 Å². The van der Waals surface area contributed by atoms with E-state index in [4.69, 9.17) is 21.6 Å². The fraction of sp³-hybridized carbons (Fsp3) is 0.286. The van der Waals surface area contributed by atoms with E-state index in [1.807, 2.05) is 13.0 Å². The predicted molar refractivity (Wildman–Crippen MR) is 78.7 cm³/mol. The summed E-state index contributed by atoms with van der Waals surface area (Å²) in [6.45, 7) is 2.97. The normalized spacial score (nSPS) is 10.6. The topological polar surface area (TPSA) is 74.1 Å². The van der Waals surface area contributed by atoms with Gasteiger partial charge in [0.05, 0.1) is 6.61 Å². The van der Waals surface area contributed by atoms with Crippen LogP contribution in [0.1, 0.15) is 6.92 Å². The number of nitrogens with zero attached hydrogens (tertiary/aromatic N) is 1. The molecule has 0 heterocycles. The zero-order valence-electron chi connectivity index (χ0n) is 11.1. The maximum atomic E-state index is 11.8. The number of anilines is 1. The summed E-state index contributed by atoms with van der Waals surface area (Å²) in [4.78, 5) is 11.8. The van der Waals surface area contributed by atoms with Crippen LogP contribution in [0.5, 0.6) is 5.75 Å². The molecule has 0 atom stereocenters. The lowest BCUT2D eigenvalue weighted by atomic mass is 10.2. The zero-order chi connectivity index (χ0) is 14.8. The van der Waals surface area contributed by atoms with Gasteiger partial charge < -0.3 is 15.4 Å². The first-order valence-electron chi connectivity index (χ1n) is 6.15. The van der Waals surface area contributed by atoms with Crippen LogP contribution in [0.4, 0.5) is 5.69 Å². The minimum Gasteiger partial charge on any atom is -0.494 e. The third-order valence-corrected chi connectivity index (χ3v) is 2.46. The van der Waals surface area contributed by atoms with E-state index in [1.165, 1.54) is 6.20 Å². The summed E-state index contributed by atoms with van der Waals surface area (Å²) < 4.78 is 5.30. The molecule has 0 spiro atoms. The average Bonchev–Trinajstić information content (AvgIpc) is 2.46. The molecule has 1 aromatic carbocycles. The SMILES string of the molecule is CCOc1ccc(NC(=O)/C(C#N)=C\NCCCl)cc1. The van der Waals surface area contributed by atoms with Crippen molar-refractivity contribution in [2.75, 3.05) is 24.3 Å². The van der Waals surface area contributed by atoms with Gasteiger partial charge in [0, 0.05) is 24.3 Å². The Balaban J connectivity index is 2.64. The van der Waals surface area contributed by atoms with Crippen LogP contribution in [0.2, 0.25) is 0 Å². The summed E-state index contributed by atoms with van der Waals surface area (Å²) in [5.74, 6) is 0.652. The van der Waals surface area contributed by atoms with Crippen molar-refractivity contribution in [1.82, 2.24) is 5.32 Å². The number of carbonyl (C=O) groups excluding carboxylic acids is 1. The van der Waals surface area contributed by atoms with Gasteiger partial charge in [-0.25, -0.2) is 0 Å². The first-order chi connectivity index (χ1) is 9.71. The fourth-order valence-corrected chi connectivity index (χ4v) is 1.49. The van der Waals surface area contributed by atoms with E-state index in [2.05, 4.69) is 10.6 Å². The molecular weight excluding hydrogens is 278 g/mol. The van der Waals surface area contributed by atoms with E-state index in [-0.39, 0.29) is 5.57 Å². The third-order valence-electron chi connectivity index (χ3n) is 2.27. The number of halogens is 1. The van der Waals surface area contributed by atoms with E-state index in [0.29, 0.717) is 24.7 Å². The maximum Gasteiger partial charge on any atom is 0.267 e. The molecule has 1 rings (SSSR count). The second-order valence-corrected chi connectivity index (χ2v) is 4.10. The lowest BCUT2D eigenvalue weighted by molar-refractivity contribution is -0.112.